The molecule has 0 saturated carbocycles. The van der Waals surface area contributed by atoms with Crippen molar-refractivity contribution >= 4 is 0 Å². The second-order valence-corrected chi connectivity index (χ2v) is 6.55. The van der Waals surface area contributed by atoms with Gasteiger partial charge in [0.25, 0.3) is 0 Å². The first-order valence-corrected chi connectivity index (χ1v) is 8.38. The summed E-state index contributed by atoms with van der Waals surface area (Å²) in [7, 11) is 1.77. The van der Waals surface area contributed by atoms with E-state index >= 15 is 0 Å². The van der Waals surface area contributed by atoms with E-state index in [4.69, 9.17) is 4.74 Å². The monoisotopic (exact) mass is 288 g/mol. The Morgan fingerprint density at radius 1 is 1.19 bits per heavy atom. The Morgan fingerprint density at radius 3 is 2.90 bits per heavy atom. The Balaban J connectivity index is 1.59. The second-order valence-electron chi connectivity index (χ2n) is 6.55. The molecule has 0 N–H and O–H groups in total. The number of para-hydroxylation sites is 1. The van der Waals surface area contributed by atoms with Gasteiger partial charge in [-0.15, -0.1) is 0 Å². The number of piperazine rings is 1. The maximum atomic E-state index is 5.47. The molecule has 1 aromatic carbocycles. The summed E-state index contributed by atoms with van der Waals surface area (Å²) in [4.78, 5) is 5.40. The molecular weight excluding hydrogens is 260 g/mol. The first-order valence-electron chi connectivity index (χ1n) is 8.38. The molecule has 0 aliphatic carbocycles. The fourth-order valence-corrected chi connectivity index (χ4v) is 3.90. The zero-order valence-corrected chi connectivity index (χ0v) is 13.4. The minimum absolute atomic E-state index is 0.675. The molecule has 2 atom stereocenters. The maximum absolute atomic E-state index is 5.47. The van der Waals surface area contributed by atoms with Crippen LogP contribution >= 0.6 is 0 Å². The van der Waals surface area contributed by atoms with Crippen molar-refractivity contribution in [2.45, 2.75) is 44.7 Å². The van der Waals surface area contributed by atoms with Gasteiger partial charge in [-0.1, -0.05) is 24.6 Å². The number of hydrogen-bond donors (Lipinski definition) is 0. The molecular formula is C18H28N2O. The third-order valence-electron chi connectivity index (χ3n) is 5.18. The van der Waals surface area contributed by atoms with Gasteiger partial charge in [-0.25, -0.2) is 0 Å². The summed E-state index contributed by atoms with van der Waals surface area (Å²) in [5.74, 6) is 1.03. The van der Waals surface area contributed by atoms with Crippen LogP contribution in [0.5, 0.6) is 5.75 Å². The van der Waals surface area contributed by atoms with Gasteiger partial charge in [0.05, 0.1) is 7.11 Å². The molecule has 2 aliphatic rings. The van der Waals surface area contributed by atoms with Crippen LogP contribution in [0.2, 0.25) is 0 Å². The van der Waals surface area contributed by atoms with Crippen molar-refractivity contribution in [1.82, 2.24) is 9.80 Å². The molecule has 0 spiro atoms. The fraction of sp³-hybridized carbons (Fsp3) is 0.667. The highest BCUT2D eigenvalue weighted by molar-refractivity contribution is 5.33. The predicted octanol–water partition coefficient (Wildman–Crippen LogP) is 2.80. The quantitative estimate of drug-likeness (QED) is 0.847. The Kier molecular flexibility index (Phi) is 4.81. The molecule has 0 aromatic heterocycles. The number of hydrogen-bond acceptors (Lipinski definition) is 3. The summed E-state index contributed by atoms with van der Waals surface area (Å²) in [5, 5.41) is 0. The largest absolute Gasteiger partial charge is 0.496 e. The van der Waals surface area contributed by atoms with Gasteiger partial charge in [-0.05, 0) is 44.4 Å². The van der Waals surface area contributed by atoms with E-state index in [1.54, 1.807) is 7.11 Å². The van der Waals surface area contributed by atoms with E-state index in [9.17, 15) is 0 Å². The average molecular weight is 288 g/mol. The smallest absolute Gasteiger partial charge is 0.122 e. The number of rotatable bonds is 4. The Morgan fingerprint density at radius 2 is 2.05 bits per heavy atom. The number of ether oxygens (including phenoxy) is 1. The molecule has 2 unspecified atom stereocenters. The highest BCUT2D eigenvalue weighted by Crippen LogP contribution is 2.25. The standard InChI is InChI=1S/C18H28N2O/c1-15-13-20-11-6-5-8-17(20)14-19(15)12-10-16-7-3-4-9-18(16)21-2/h3-4,7,9,15,17H,5-6,8,10-14H2,1-2H3. The maximum Gasteiger partial charge on any atom is 0.122 e. The minimum Gasteiger partial charge on any atom is -0.496 e. The summed E-state index contributed by atoms with van der Waals surface area (Å²) < 4.78 is 5.47. The molecule has 3 heteroatoms. The topological polar surface area (TPSA) is 15.7 Å². The van der Waals surface area contributed by atoms with Gasteiger partial charge in [0.15, 0.2) is 0 Å². The van der Waals surface area contributed by atoms with Crippen molar-refractivity contribution < 1.29 is 4.74 Å². The highest BCUT2D eigenvalue weighted by atomic mass is 16.5. The lowest BCUT2D eigenvalue weighted by molar-refractivity contribution is 0.0159. The SMILES string of the molecule is COc1ccccc1CCN1CC2CCCCN2CC1C. The van der Waals surface area contributed by atoms with E-state index in [0.717, 1.165) is 24.8 Å². The van der Waals surface area contributed by atoms with Crippen molar-refractivity contribution in [2.24, 2.45) is 0 Å². The van der Waals surface area contributed by atoms with E-state index in [1.807, 2.05) is 6.07 Å². The molecule has 116 valence electrons. The van der Waals surface area contributed by atoms with Crippen LogP contribution < -0.4 is 4.74 Å². The van der Waals surface area contributed by atoms with Crippen LogP contribution in [0.3, 0.4) is 0 Å². The molecule has 0 amide bonds. The first-order chi connectivity index (χ1) is 10.3. The van der Waals surface area contributed by atoms with Gasteiger partial charge in [0, 0.05) is 31.7 Å². The molecule has 2 heterocycles. The van der Waals surface area contributed by atoms with E-state index < -0.39 is 0 Å². The van der Waals surface area contributed by atoms with E-state index in [2.05, 4.69) is 34.9 Å². The van der Waals surface area contributed by atoms with Crippen LogP contribution in [0, 0.1) is 0 Å². The zero-order chi connectivity index (χ0) is 14.7. The van der Waals surface area contributed by atoms with Gasteiger partial charge < -0.3 is 4.74 Å². The number of benzene rings is 1. The second kappa shape index (κ2) is 6.80. The molecule has 0 bridgehead atoms. The summed E-state index contributed by atoms with van der Waals surface area (Å²) >= 11 is 0. The molecule has 2 fully saturated rings. The van der Waals surface area contributed by atoms with Crippen LogP contribution in [0.1, 0.15) is 31.7 Å². The molecule has 3 nitrogen and oxygen atoms in total. The minimum atomic E-state index is 0.675. The lowest BCUT2D eigenvalue weighted by Gasteiger charge is -2.47. The van der Waals surface area contributed by atoms with Crippen molar-refractivity contribution in [3.05, 3.63) is 29.8 Å². The lowest BCUT2D eigenvalue weighted by Crippen LogP contribution is -2.58. The van der Waals surface area contributed by atoms with Gasteiger partial charge >= 0.3 is 0 Å². The van der Waals surface area contributed by atoms with Gasteiger partial charge in [-0.3, -0.25) is 9.80 Å². The van der Waals surface area contributed by atoms with Crippen LogP contribution in [0.4, 0.5) is 0 Å². The number of piperidine rings is 1. The summed E-state index contributed by atoms with van der Waals surface area (Å²) in [6.45, 7) is 7.33. The van der Waals surface area contributed by atoms with Gasteiger partial charge in [-0.2, -0.15) is 0 Å². The molecule has 0 radical (unpaired) electrons. The molecule has 2 saturated heterocycles. The number of methoxy groups -OCH3 is 1. The highest BCUT2D eigenvalue weighted by Gasteiger charge is 2.32. The van der Waals surface area contributed by atoms with Gasteiger partial charge in [0.1, 0.15) is 5.75 Å². The van der Waals surface area contributed by atoms with Crippen LogP contribution in [-0.4, -0.2) is 55.2 Å². The van der Waals surface area contributed by atoms with Crippen molar-refractivity contribution in [3.8, 4) is 5.75 Å². The third kappa shape index (κ3) is 3.41. The Labute approximate surface area is 128 Å². The Hall–Kier alpha value is -1.06. The predicted molar refractivity (Wildman–Crippen MR) is 86.9 cm³/mol. The lowest BCUT2D eigenvalue weighted by atomic mass is 9.96. The summed E-state index contributed by atoms with van der Waals surface area (Å²) in [5.41, 5.74) is 1.33. The fourth-order valence-electron chi connectivity index (χ4n) is 3.90. The van der Waals surface area contributed by atoms with E-state index in [1.165, 1.54) is 44.5 Å². The normalized spacial score (nSPS) is 27.3. The van der Waals surface area contributed by atoms with Crippen LogP contribution in [-0.2, 0) is 6.42 Å². The summed E-state index contributed by atoms with van der Waals surface area (Å²) in [6, 6.07) is 9.89. The van der Waals surface area contributed by atoms with E-state index in [0.29, 0.717) is 6.04 Å². The van der Waals surface area contributed by atoms with Crippen molar-refractivity contribution in [2.75, 3.05) is 33.3 Å². The first kappa shape index (κ1) is 14.9. The average Bonchev–Trinajstić information content (AvgIpc) is 2.53. The molecule has 21 heavy (non-hydrogen) atoms. The molecule has 2 aliphatic heterocycles. The molecule has 1 aromatic rings. The Bertz CT molecular complexity index is 462. The zero-order valence-electron chi connectivity index (χ0n) is 13.4. The van der Waals surface area contributed by atoms with Crippen LogP contribution in [0.15, 0.2) is 24.3 Å². The van der Waals surface area contributed by atoms with Crippen molar-refractivity contribution in [1.29, 1.82) is 0 Å². The van der Waals surface area contributed by atoms with Crippen molar-refractivity contribution in [3.63, 3.8) is 0 Å². The van der Waals surface area contributed by atoms with Gasteiger partial charge in [0.2, 0.25) is 0 Å². The molecule has 3 rings (SSSR count). The van der Waals surface area contributed by atoms with Crippen LogP contribution in [0.25, 0.3) is 0 Å². The summed E-state index contributed by atoms with van der Waals surface area (Å²) in [6.07, 6.45) is 5.28. The van der Waals surface area contributed by atoms with E-state index in [-0.39, 0.29) is 0 Å². The number of nitrogens with zero attached hydrogens (tertiary/aromatic N) is 2. The third-order valence-corrected chi connectivity index (χ3v) is 5.18. The number of fused-ring (bicyclic) bond motifs is 1.